The summed E-state index contributed by atoms with van der Waals surface area (Å²) in [6, 6.07) is 25.5. The summed E-state index contributed by atoms with van der Waals surface area (Å²) in [7, 11) is 4.22. The predicted octanol–water partition coefficient (Wildman–Crippen LogP) is 15.2. The van der Waals surface area contributed by atoms with E-state index in [1.54, 1.807) is 0 Å². The van der Waals surface area contributed by atoms with E-state index < -0.39 is 0 Å². The van der Waals surface area contributed by atoms with Crippen molar-refractivity contribution in [3.8, 4) is 22.9 Å². The number of unbranched alkanes of at least 4 members (excludes halogenated alkanes) is 18. The average molecular weight is 700 g/mol. The van der Waals surface area contributed by atoms with Gasteiger partial charge in [-0.05, 0) is 78.9 Å². The summed E-state index contributed by atoms with van der Waals surface area (Å²) in [5, 5.41) is 17.7. The number of azo groups is 1. The van der Waals surface area contributed by atoms with Gasteiger partial charge < -0.3 is 4.74 Å². The first kappa shape index (κ1) is 40.7. The Balaban J connectivity index is 1.07. The third kappa shape index (κ3) is 19.9. The van der Waals surface area contributed by atoms with Gasteiger partial charge in [0.05, 0.1) is 29.6 Å². The minimum absolute atomic E-state index is 0.663. The van der Waals surface area contributed by atoms with Crippen LogP contribution in [0.2, 0.25) is 0 Å². The number of nitriles is 1. The van der Waals surface area contributed by atoms with E-state index in [1.807, 2.05) is 72.8 Å². The smallest absolute Gasteiger partial charge is 0.119 e. The monoisotopic (exact) mass is 699 g/mol. The summed E-state index contributed by atoms with van der Waals surface area (Å²) in [4.78, 5) is 0. The van der Waals surface area contributed by atoms with Crippen LogP contribution in [-0.2, 0) is 0 Å². The molecule has 0 atom stereocenters. The molecule has 0 saturated carbocycles. The molecule has 0 radical (unpaired) electrons. The normalized spacial score (nSPS) is 11.3. The summed E-state index contributed by atoms with van der Waals surface area (Å²) >= 11 is 0. The molecule has 0 aliphatic heterocycles. The molecular formula is C43H61N3OS2. The first-order valence-electron chi connectivity index (χ1n) is 19.3. The largest absolute Gasteiger partial charge is 0.494 e. The molecule has 266 valence electrons. The Labute approximate surface area is 306 Å². The number of hydrogen-bond acceptors (Lipinski definition) is 6. The van der Waals surface area contributed by atoms with Crippen LogP contribution in [-0.4, -0.2) is 18.1 Å². The third-order valence-corrected chi connectivity index (χ3v) is 11.5. The van der Waals surface area contributed by atoms with E-state index in [1.165, 1.54) is 134 Å². The molecule has 4 nitrogen and oxygen atoms in total. The van der Waals surface area contributed by atoms with E-state index in [2.05, 4.69) is 44.8 Å². The van der Waals surface area contributed by atoms with E-state index in [0.717, 1.165) is 41.3 Å². The molecule has 0 saturated heterocycles. The van der Waals surface area contributed by atoms with Gasteiger partial charge in [-0.1, -0.05) is 162 Å². The quantitative estimate of drug-likeness (QED) is 0.0411. The highest BCUT2D eigenvalue weighted by Crippen LogP contribution is 2.27. The van der Waals surface area contributed by atoms with Crippen molar-refractivity contribution in [3.63, 3.8) is 0 Å². The summed E-state index contributed by atoms with van der Waals surface area (Å²) in [6.07, 6.45) is 27.7. The Morgan fingerprint density at radius 2 is 0.878 bits per heavy atom. The van der Waals surface area contributed by atoms with Crippen molar-refractivity contribution in [1.82, 2.24) is 0 Å². The molecule has 3 aromatic rings. The Kier molecular flexibility index (Phi) is 23.2. The SMILES string of the molecule is CCCCCCCCCCCCSSCCCCCCCCCCCCOc1ccc(/N=N/c2ccc(-c3ccc(C#N)cc3)cc2)cc1. The lowest BCUT2D eigenvalue weighted by Crippen LogP contribution is -1.96. The molecule has 0 fully saturated rings. The van der Waals surface area contributed by atoms with Crippen molar-refractivity contribution in [2.24, 2.45) is 10.2 Å². The van der Waals surface area contributed by atoms with E-state index in [-0.39, 0.29) is 0 Å². The molecule has 0 spiro atoms. The van der Waals surface area contributed by atoms with Gasteiger partial charge in [0.1, 0.15) is 5.75 Å². The van der Waals surface area contributed by atoms with Crippen LogP contribution in [0.1, 0.15) is 141 Å². The van der Waals surface area contributed by atoms with Gasteiger partial charge >= 0.3 is 0 Å². The lowest BCUT2D eigenvalue weighted by atomic mass is 10.0. The van der Waals surface area contributed by atoms with Crippen LogP contribution in [0.5, 0.6) is 5.75 Å². The molecular weight excluding hydrogens is 639 g/mol. The Morgan fingerprint density at radius 1 is 0.490 bits per heavy atom. The molecule has 0 aliphatic rings. The summed E-state index contributed by atoms with van der Waals surface area (Å²) in [5.41, 5.74) is 4.42. The topological polar surface area (TPSA) is 57.7 Å². The van der Waals surface area contributed by atoms with Gasteiger partial charge in [-0.15, -0.1) is 0 Å². The Bertz CT molecular complexity index is 1290. The van der Waals surface area contributed by atoms with Gasteiger partial charge in [-0.3, -0.25) is 0 Å². The minimum Gasteiger partial charge on any atom is -0.494 e. The number of rotatable bonds is 29. The van der Waals surface area contributed by atoms with Crippen molar-refractivity contribution in [2.75, 3.05) is 18.1 Å². The zero-order valence-electron chi connectivity index (χ0n) is 30.3. The zero-order valence-corrected chi connectivity index (χ0v) is 31.9. The highest BCUT2D eigenvalue weighted by atomic mass is 33.1. The Morgan fingerprint density at radius 3 is 1.33 bits per heavy atom. The van der Waals surface area contributed by atoms with E-state index in [0.29, 0.717) is 5.56 Å². The van der Waals surface area contributed by atoms with Gasteiger partial charge in [-0.2, -0.15) is 15.5 Å². The van der Waals surface area contributed by atoms with Crippen LogP contribution in [0.4, 0.5) is 11.4 Å². The zero-order chi connectivity index (χ0) is 34.5. The molecule has 3 aromatic carbocycles. The second kappa shape index (κ2) is 28.0. The van der Waals surface area contributed by atoms with Gasteiger partial charge in [0.2, 0.25) is 0 Å². The standard InChI is InChI=1S/C43H61N3OS2/c1-2-3-4-5-6-7-11-14-17-20-35-48-49-36-21-18-15-12-9-8-10-13-16-19-34-47-43-32-30-42(31-33-43)46-45-41-28-26-40(27-29-41)39-24-22-38(37-44)23-25-39/h22-33H,2-21,34-36H2,1H3/b46-45+. The predicted molar refractivity (Wildman–Crippen MR) is 216 cm³/mol. The maximum Gasteiger partial charge on any atom is 0.119 e. The minimum atomic E-state index is 0.663. The second-order valence-corrected chi connectivity index (χ2v) is 15.8. The van der Waals surface area contributed by atoms with Gasteiger partial charge in [0.25, 0.3) is 0 Å². The molecule has 0 bridgehead atoms. The lowest BCUT2D eigenvalue weighted by Gasteiger charge is -2.06. The molecule has 3 rings (SSSR count). The molecule has 0 N–H and O–H groups in total. The second-order valence-electron chi connectivity index (χ2n) is 13.1. The van der Waals surface area contributed by atoms with Crippen LogP contribution in [0, 0.1) is 11.3 Å². The molecule has 49 heavy (non-hydrogen) atoms. The maximum absolute atomic E-state index is 8.98. The molecule has 0 unspecified atom stereocenters. The fourth-order valence-corrected chi connectivity index (χ4v) is 8.11. The van der Waals surface area contributed by atoms with Crippen molar-refractivity contribution in [1.29, 1.82) is 5.26 Å². The van der Waals surface area contributed by atoms with Crippen molar-refractivity contribution < 1.29 is 4.74 Å². The molecule has 0 amide bonds. The fraction of sp³-hybridized carbons (Fsp3) is 0.558. The van der Waals surface area contributed by atoms with E-state index >= 15 is 0 Å². The number of nitrogens with zero attached hydrogens (tertiary/aromatic N) is 3. The first-order valence-corrected chi connectivity index (χ1v) is 21.8. The van der Waals surface area contributed by atoms with Crippen LogP contribution >= 0.6 is 21.6 Å². The number of benzene rings is 3. The van der Waals surface area contributed by atoms with Gasteiger partial charge in [0.15, 0.2) is 0 Å². The van der Waals surface area contributed by atoms with Crippen LogP contribution in [0.15, 0.2) is 83.0 Å². The van der Waals surface area contributed by atoms with Crippen molar-refractivity contribution in [3.05, 3.63) is 78.4 Å². The number of ether oxygens (including phenoxy) is 1. The Hall–Kier alpha value is -2.75. The van der Waals surface area contributed by atoms with Crippen LogP contribution in [0.25, 0.3) is 11.1 Å². The van der Waals surface area contributed by atoms with E-state index in [4.69, 9.17) is 10.00 Å². The fourth-order valence-electron chi connectivity index (χ4n) is 5.82. The molecule has 0 aromatic heterocycles. The summed E-state index contributed by atoms with van der Waals surface area (Å²) in [5.74, 6) is 3.56. The number of hydrogen-bond donors (Lipinski definition) is 0. The molecule has 6 heteroatoms. The maximum atomic E-state index is 8.98. The van der Waals surface area contributed by atoms with Crippen LogP contribution in [0.3, 0.4) is 0 Å². The third-order valence-electron chi connectivity index (χ3n) is 8.89. The van der Waals surface area contributed by atoms with Gasteiger partial charge in [-0.25, -0.2) is 0 Å². The summed E-state index contributed by atoms with van der Waals surface area (Å²) < 4.78 is 5.95. The molecule has 0 aliphatic carbocycles. The van der Waals surface area contributed by atoms with Crippen LogP contribution < -0.4 is 4.74 Å². The van der Waals surface area contributed by atoms with Crippen molar-refractivity contribution in [2.45, 2.75) is 135 Å². The van der Waals surface area contributed by atoms with E-state index in [9.17, 15) is 0 Å². The average Bonchev–Trinajstić information content (AvgIpc) is 3.14. The van der Waals surface area contributed by atoms with Crippen molar-refractivity contribution >= 4 is 33.0 Å². The van der Waals surface area contributed by atoms with Gasteiger partial charge in [0, 0.05) is 11.5 Å². The lowest BCUT2D eigenvalue weighted by molar-refractivity contribution is 0.304. The highest BCUT2D eigenvalue weighted by Gasteiger charge is 2.01. The first-order chi connectivity index (χ1) is 24.3. The molecule has 0 heterocycles. The highest BCUT2D eigenvalue weighted by molar-refractivity contribution is 8.76. The summed E-state index contributed by atoms with van der Waals surface area (Å²) in [6.45, 7) is 3.06.